The molecule has 0 bridgehead atoms. The van der Waals surface area contributed by atoms with Crippen LogP contribution in [-0.4, -0.2) is 33.7 Å². The van der Waals surface area contributed by atoms with Crippen molar-refractivity contribution in [1.82, 2.24) is 0 Å². The Bertz CT molecular complexity index is 750. The molecule has 0 unspecified atom stereocenters. The van der Waals surface area contributed by atoms with Gasteiger partial charge in [-0.3, -0.25) is 4.79 Å². The quantitative estimate of drug-likeness (QED) is 0.379. The zero-order valence-electron chi connectivity index (χ0n) is 13.6. The van der Waals surface area contributed by atoms with Gasteiger partial charge in [-0.05, 0) is 24.1 Å². The van der Waals surface area contributed by atoms with Crippen LogP contribution in [-0.2, 0) is 11.2 Å². The molecule has 8 heteroatoms. The van der Waals surface area contributed by atoms with Gasteiger partial charge >= 0.3 is 29.6 Å². The van der Waals surface area contributed by atoms with Crippen LogP contribution in [0.15, 0.2) is 36.4 Å². The Morgan fingerprint density at radius 2 is 1.68 bits per heavy atom. The van der Waals surface area contributed by atoms with E-state index in [1.54, 1.807) is 12.1 Å². The maximum Gasteiger partial charge on any atom is 1.00 e. The third-order valence-electron chi connectivity index (χ3n) is 3.26. The fourth-order valence-electron chi connectivity index (χ4n) is 2.19. The number of carboxylic acid groups (broad SMARTS) is 1. The zero-order chi connectivity index (χ0) is 17.7. The van der Waals surface area contributed by atoms with Crippen LogP contribution in [0.5, 0.6) is 23.0 Å². The number of ether oxygens (including phenoxy) is 1. The van der Waals surface area contributed by atoms with Gasteiger partial charge in [-0.2, -0.15) is 0 Å². The molecule has 0 saturated heterocycles. The summed E-state index contributed by atoms with van der Waals surface area (Å²) < 4.78 is 4.79. The summed E-state index contributed by atoms with van der Waals surface area (Å²) in [7, 11) is 0. The number of hydrogen-bond donors (Lipinski definition) is 3. The summed E-state index contributed by atoms with van der Waals surface area (Å²) in [4.78, 5) is 22.5. The minimum absolute atomic E-state index is 0. The first-order valence-corrected chi connectivity index (χ1v) is 7.06. The summed E-state index contributed by atoms with van der Waals surface area (Å²) >= 11 is 0. The van der Waals surface area contributed by atoms with Gasteiger partial charge < -0.3 is 30.0 Å². The molecule has 2 aromatic rings. The van der Waals surface area contributed by atoms with Crippen LogP contribution in [0.3, 0.4) is 0 Å². The third kappa shape index (κ3) is 5.97. The molecule has 0 radical (unpaired) electrons. The van der Waals surface area contributed by atoms with Crippen molar-refractivity contribution in [1.29, 1.82) is 0 Å². The van der Waals surface area contributed by atoms with E-state index in [1.807, 2.05) is 0 Å². The van der Waals surface area contributed by atoms with Crippen LogP contribution in [0.4, 0.5) is 0 Å². The first kappa shape index (κ1) is 20.8. The number of aliphatic carboxylic acids is 1. The number of ketones is 1. The predicted octanol–water partition coefficient (Wildman–Crippen LogP) is -2.25. The molecule has 0 spiro atoms. The molecule has 126 valence electrons. The first-order valence-electron chi connectivity index (χ1n) is 7.06. The van der Waals surface area contributed by atoms with Crippen molar-refractivity contribution in [3.63, 3.8) is 0 Å². The molecule has 2 rings (SSSR count). The number of Topliss-reactive ketones (excluding diaryl/α,β-unsaturated/α-hetero) is 1. The van der Waals surface area contributed by atoms with E-state index >= 15 is 0 Å². The van der Waals surface area contributed by atoms with E-state index in [-0.39, 0.29) is 53.0 Å². The zero-order valence-corrected chi connectivity index (χ0v) is 15.6. The van der Waals surface area contributed by atoms with Gasteiger partial charge in [0.25, 0.3) is 0 Å². The van der Waals surface area contributed by atoms with E-state index in [2.05, 4.69) is 0 Å². The Morgan fingerprint density at radius 1 is 1.04 bits per heavy atom. The van der Waals surface area contributed by atoms with Gasteiger partial charge in [-0.1, -0.05) is 12.1 Å². The SMILES string of the molecule is O=C([O-])COc1cc(O)c(C(=O)CCc2cccc(O)c2)c(O)c1.[Na+]. The van der Waals surface area contributed by atoms with Crippen molar-refractivity contribution in [2.75, 3.05) is 6.61 Å². The summed E-state index contributed by atoms with van der Waals surface area (Å²) in [5.74, 6) is -2.99. The normalized spacial score (nSPS) is 9.92. The van der Waals surface area contributed by atoms with Crippen molar-refractivity contribution < 1.29 is 64.3 Å². The van der Waals surface area contributed by atoms with Gasteiger partial charge in [0.1, 0.15) is 35.2 Å². The van der Waals surface area contributed by atoms with Crippen LogP contribution in [0.25, 0.3) is 0 Å². The standard InChI is InChI=1S/C17H16O7.Na/c18-11-3-1-2-10(6-11)4-5-13(19)17-14(20)7-12(8-15(17)21)24-9-16(22)23;/h1-3,6-8,18,20-21H,4-5,9H2,(H,22,23);/q;+1/p-1. The number of carboxylic acids is 1. The van der Waals surface area contributed by atoms with Crippen molar-refractivity contribution >= 4 is 11.8 Å². The van der Waals surface area contributed by atoms with E-state index < -0.39 is 29.9 Å². The molecule has 0 fully saturated rings. The molecule has 7 nitrogen and oxygen atoms in total. The van der Waals surface area contributed by atoms with Gasteiger partial charge in [0.15, 0.2) is 5.78 Å². The predicted molar refractivity (Wildman–Crippen MR) is 81.0 cm³/mol. The summed E-state index contributed by atoms with van der Waals surface area (Å²) in [6.07, 6.45) is 0.318. The smallest absolute Gasteiger partial charge is 0.546 e. The largest absolute Gasteiger partial charge is 1.00 e. The average Bonchev–Trinajstić information content (AvgIpc) is 2.50. The second-order valence-corrected chi connectivity index (χ2v) is 5.09. The molecule has 0 aliphatic rings. The van der Waals surface area contributed by atoms with Crippen molar-refractivity contribution in [3.8, 4) is 23.0 Å². The number of aryl methyl sites for hydroxylation is 1. The summed E-state index contributed by atoms with van der Waals surface area (Å²) in [5, 5.41) is 39.5. The molecule has 0 amide bonds. The van der Waals surface area contributed by atoms with Crippen molar-refractivity contribution in [2.24, 2.45) is 0 Å². The van der Waals surface area contributed by atoms with E-state index in [0.29, 0.717) is 6.42 Å². The maximum atomic E-state index is 12.2. The molecular weight excluding hydrogens is 339 g/mol. The van der Waals surface area contributed by atoms with E-state index in [0.717, 1.165) is 17.7 Å². The number of rotatable bonds is 7. The van der Waals surface area contributed by atoms with Gasteiger partial charge in [-0.15, -0.1) is 0 Å². The minimum atomic E-state index is -1.46. The summed E-state index contributed by atoms with van der Waals surface area (Å²) in [6.45, 7) is -0.746. The van der Waals surface area contributed by atoms with Crippen molar-refractivity contribution in [2.45, 2.75) is 12.8 Å². The summed E-state index contributed by atoms with van der Waals surface area (Å²) in [6, 6.07) is 8.50. The first-order chi connectivity index (χ1) is 11.4. The van der Waals surface area contributed by atoms with E-state index in [4.69, 9.17) is 4.74 Å². The van der Waals surface area contributed by atoms with Crippen molar-refractivity contribution in [3.05, 3.63) is 47.5 Å². The van der Waals surface area contributed by atoms with Gasteiger partial charge in [-0.25, -0.2) is 0 Å². The Hall–Kier alpha value is -2.22. The van der Waals surface area contributed by atoms with Crippen LogP contribution < -0.4 is 39.4 Å². The third-order valence-corrected chi connectivity index (χ3v) is 3.26. The number of benzene rings is 2. The second-order valence-electron chi connectivity index (χ2n) is 5.09. The summed E-state index contributed by atoms with van der Waals surface area (Å²) in [5.41, 5.74) is 0.465. The monoisotopic (exact) mass is 354 g/mol. The van der Waals surface area contributed by atoms with Crippen LogP contribution in [0.2, 0.25) is 0 Å². The van der Waals surface area contributed by atoms with Gasteiger partial charge in [0.05, 0.1) is 5.97 Å². The number of carbonyl (C=O) groups excluding carboxylic acids is 2. The Morgan fingerprint density at radius 3 is 2.24 bits per heavy atom. The molecule has 2 aromatic carbocycles. The number of phenols is 3. The van der Waals surface area contributed by atoms with Gasteiger partial charge in [0.2, 0.25) is 0 Å². The molecule has 0 saturated carbocycles. The second kappa shape index (κ2) is 9.31. The Kier molecular flexibility index (Phi) is 7.76. The van der Waals surface area contributed by atoms with Crippen LogP contribution in [0.1, 0.15) is 22.3 Å². The Labute approximate surface area is 165 Å². The van der Waals surface area contributed by atoms with E-state index in [1.165, 1.54) is 12.1 Å². The molecule has 0 atom stereocenters. The molecule has 0 aliphatic heterocycles. The molecule has 0 aliphatic carbocycles. The fourth-order valence-corrected chi connectivity index (χ4v) is 2.19. The molecule has 0 heterocycles. The number of carbonyl (C=O) groups is 2. The van der Waals surface area contributed by atoms with Crippen LogP contribution >= 0.6 is 0 Å². The Balaban J connectivity index is 0.00000312. The average molecular weight is 354 g/mol. The number of aromatic hydroxyl groups is 3. The molecule has 0 aromatic heterocycles. The molecule has 3 N–H and O–H groups in total. The van der Waals surface area contributed by atoms with Gasteiger partial charge in [0, 0.05) is 18.6 Å². The number of phenolic OH excluding ortho intramolecular Hbond substituents is 3. The number of hydrogen-bond acceptors (Lipinski definition) is 7. The molecule has 25 heavy (non-hydrogen) atoms. The molecular formula is C17H15NaO7. The van der Waals surface area contributed by atoms with Crippen LogP contribution in [0, 0.1) is 0 Å². The van der Waals surface area contributed by atoms with E-state index in [9.17, 15) is 30.0 Å². The topological polar surface area (TPSA) is 127 Å². The maximum absolute atomic E-state index is 12.2. The fraction of sp³-hybridized carbons (Fsp3) is 0.176. The minimum Gasteiger partial charge on any atom is -0.546 e.